The lowest BCUT2D eigenvalue weighted by Crippen LogP contribution is -2.15. The molecule has 0 aromatic heterocycles. The number of hydrogen-bond donors (Lipinski definition) is 5. The minimum Gasteiger partial charge on any atom is -0.508 e. The van der Waals surface area contributed by atoms with E-state index in [0.29, 0.717) is 0 Å². The van der Waals surface area contributed by atoms with Crippen LogP contribution in [0.1, 0.15) is 0 Å². The Morgan fingerprint density at radius 2 is 1.00 bits per heavy atom. The highest BCUT2D eigenvalue weighted by molar-refractivity contribution is 6.14. The van der Waals surface area contributed by atoms with E-state index in [4.69, 9.17) is 25.5 Å². The fourth-order valence-corrected chi connectivity index (χ4v) is 0.950. The molecular weight excluding hydrogens is 292 g/mol. The smallest absolute Gasteiger partial charge is 0.178 e. The summed E-state index contributed by atoms with van der Waals surface area (Å²) in [6.07, 6.45) is 4.06. The van der Waals surface area contributed by atoms with Crippen LogP contribution in [0.4, 0.5) is 0 Å². The van der Waals surface area contributed by atoms with Crippen molar-refractivity contribution in [3.63, 3.8) is 0 Å². The molecule has 0 saturated heterocycles. The second kappa shape index (κ2) is 11.2. The summed E-state index contributed by atoms with van der Waals surface area (Å²) in [5.41, 5.74) is 0. The van der Waals surface area contributed by atoms with Gasteiger partial charge in [-0.2, -0.15) is 0 Å². The van der Waals surface area contributed by atoms with Gasteiger partial charge in [0.2, 0.25) is 0 Å². The first-order valence-corrected chi connectivity index (χ1v) is 6.21. The number of hydrogen-bond acceptors (Lipinski definition) is 7. The molecule has 0 amide bonds. The number of aliphatic hydroxyl groups excluding tert-OH is 3. The maximum absolute atomic E-state index is 10.3. The molecule has 1 aliphatic rings. The van der Waals surface area contributed by atoms with E-state index < -0.39 is 6.10 Å². The highest BCUT2D eigenvalue weighted by Gasteiger charge is 1.98. The quantitative estimate of drug-likeness (QED) is 0.373. The molecule has 0 atom stereocenters. The molecule has 0 aliphatic heterocycles. The number of phenols is 2. The van der Waals surface area contributed by atoms with Crippen molar-refractivity contribution >= 4 is 11.6 Å². The molecular formula is C15H18O7. The number of benzene rings is 1. The van der Waals surface area contributed by atoms with Gasteiger partial charge in [0, 0.05) is 0 Å². The summed E-state index contributed by atoms with van der Waals surface area (Å²) in [6, 6.07) is 5.70. The van der Waals surface area contributed by atoms with E-state index in [1.54, 1.807) is 0 Å². The Kier molecular flexibility index (Phi) is 9.95. The van der Waals surface area contributed by atoms with Crippen molar-refractivity contribution in [3.05, 3.63) is 48.6 Å². The van der Waals surface area contributed by atoms with Gasteiger partial charge in [0.25, 0.3) is 0 Å². The van der Waals surface area contributed by atoms with E-state index in [1.165, 1.54) is 48.6 Å². The zero-order chi connectivity index (χ0) is 17.0. The number of aromatic hydroxyl groups is 2. The largest absolute Gasteiger partial charge is 0.508 e. The van der Waals surface area contributed by atoms with Crippen LogP contribution < -0.4 is 0 Å². The molecule has 120 valence electrons. The first-order valence-electron chi connectivity index (χ1n) is 6.21. The van der Waals surface area contributed by atoms with E-state index in [9.17, 15) is 9.59 Å². The number of carbonyl (C=O) groups excluding carboxylic acids is 2. The third-order valence-electron chi connectivity index (χ3n) is 2.09. The standard InChI is InChI=1S/C6H6O2.C6H4O2.C3H8O3/c2*7-5-1-2-6(8)4-3-5;4-1-3(6)2-5/h1-4,7-8H;1-4H;3-6H,1-2H2. The summed E-state index contributed by atoms with van der Waals surface area (Å²) in [4.78, 5) is 20.6. The average molecular weight is 310 g/mol. The number of ketones is 2. The summed E-state index contributed by atoms with van der Waals surface area (Å²) in [6.45, 7) is -0.729. The van der Waals surface area contributed by atoms with Gasteiger partial charge < -0.3 is 25.5 Å². The van der Waals surface area contributed by atoms with Crippen molar-refractivity contribution in [2.45, 2.75) is 6.10 Å². The van der Waals surface area contributed by atoms with E-state index in [2.05, 4.69) is 0 Å². The summed E-state index contributed by atoms with van der Waals surface area (Å²) in [5.74, 6) is 0.0970. The molecule has 0 radical (unpaired) electrons. The second-order valence-corrected chi connectivity index (χ2v) is 4.01. The number of aliphatic hydroxyl groups is 3. The van der Waals surface area contributed by atoms with Gasteiger partial charge in [-0.1, -0.05) is 0 Å². The van der Waals surface area contributed by atoms with Crippen molar-refractivity contribution in [2.75, 3.05) is 13.2 Å². The number of carbonyl (C=O) groups is 2. The van der Waals surface area contributed by atoms with Crippen LogP contribution >= 0.6 is 0 Å². The summed E-state index contributed by atoms with van der Waals surface area (Å²) >= 11 is 0. The topological polar surface area (TPSA) is 135 Å². The Morgan fingerprint density at radius 1 is 0.727 bits per heavy atom. The van der Waals surface area contributed by atoms with Crippen molar-refractivity contribution in [2.24, 2.45) is 0 Å². The van der Waals surface area contributed by atoms with Crippen molar-refractivity contribution < 1.29 is 35.1 Å². The van der Waals surface area contributed by atoms with Gasteiger partial charge in [0.15, 0.2) is 11.6 Å². The minimum atomic E-state index is -0.954. The molecule has 1 aromatic rings. The van der Waals surface area contributed by atoms with Gasteiger partial charge in [-0.15, -0.1) is 0 Å². The third kappa shape index (κ3) is 10.3. The molecule has 2 rings (SSSR count). The van der Waals surface area contributed by atoms with Crippen LogP contribution in [0.25, 0.3) is 0 Å². The SMILES string of the molecule is O=C1C=CC(=O)C=C1.OCC(O)CO.Oc1ccc(O)cc1. The summed E-state index contributed by atoms with van der Waals surface area (Å²) in [7, 11) is 0. The van der Waals surface area contributed by atoms with Gasteiger partial charge in [0.05, 0.1) is 13.2 Å². The van der Waals surface area contributed by atoms with E-state index in [1.807, 2.05) is 0 Å². The number of phenolic OH excluding ortho intramolecular Hbond substituents is 2. The van der Waals surface area contributed by atoms with Gasteiger partial charge in [-0.25, -0.2) is 0 Å². The van der Waals surface area contributed by atoms with E-state index in [-0.39, 0.29) is 36.3 Å². The van der Waals surface area contributed by atoms with Gasteiger partial charge in [-0.05, 0) is 48.6 Å². The fourth-order valence-electron chi connectivity index (χ4n) is 0.950. The lowest BCUT2D eigenvalue weighted by atomic mass is 10.2. The molecule has 0 fully saturated rings. The lowest BCUT2D eigenvalue weighted by molar-refractivity contribution is -0.113. The molecule has 0 bridgehead atoms. The van der Waals surface area contributed by atoms with Gasteiger partial charge in [-0.3, -0.25) is 9.59 Å². The Labute approximate surface area is 127 Å². The Balaban J connectivity index is 0.000000306. The van der Waals surface area contributed by atoms with Crippen molar-refractivity contribution in [1.29, 1.82) is 0 Å². The van der Waals surface area contributed by atoms with E-state index in [0.717, 1.165) is 0 Å². The predicted octanol–water partition coefficient (Wildman–Crippen LogP) is -0.320. The maximum Gasteiger partial charge on any atom is 0.178 e. The minimum absolute atomic E-state index is 0.121. The van der Waals surface area contributed by atoms with Gasteiger partial charge in [0.1, 0.15) is 17.6 Å². The summed E-state index contributed by atoms with van der Waals surface area (Å²) < 4.78 is 0. The highest BCUT2D eigenvalue weighted by atomic mass is 16.3. The van der Waals surface area contributed by atoms with Crippen molar-refractivity contribution in [3.8, 4) is 11.5 Å². The Bertz CT molecular complexity index is 454. The Morgan fingerprint density at radius 3 is 1.18 bits per heavy atom. The average Bonchev–Trinajstić information content (AvgIpc) is 2.53. The van der Waals surface area contributed by atoms with Crippen LogP contribution in [-0.2, 0) is 9.59 Å². The molecule has 0 spiro atoms. The fraction of sp³-hybridized carbons (Fsp3) is 0.200. The molecule has 7 nitrogen and oxygen atoms in total. The molecule has 0 unspecified atom stereocenters. The van der Waals surface area contributed by atoms with Crippen LogP contribution in [0.15, 0.2) is 48.6 Å². The first kappa shape index (κ1) is 19.5. The van der Waals surface area contributed by atoms with Crippen LogP contribution in [0.3, 0.4) is 0 Å². The van der Waals surface area contributed by atoms with Crippen LogP contribution in [0.5, 0.6) is 11.5 Å². The highest BCUT2D eigenvalue weighted by Crippen LogP contribution is 2.13. The van der Waals surface area contributed by atoms with Crippen LogP contribution in [-0.4, -0.2) is 56.4 Å². The van der Waals surface area contributed by atoms with Crippen molar-refractivity contribution in [1.82, 2.24) is 0 Å². The third-order valence-corrected chi connectivity index (χ3v) is 2.09. The molecule has 0 saturated carbocycles. The second-order valence-electron chi connectivity index (χ2n) is 4.01. The monoisotopic (exact) mass is 310 g/mol. The first-order chi connectivity index (χ1) is 10.4. The molecule has 5 N–H and O–H groups in total. The molecule has 1 aromatic carbocycles. The zero-order valence-corrected chi connectivity index (χ0v) is 11.7. The van der Waals surface area contributed by atoms with Gasteiger partial charge >= 0.3 is 0 Å². The number of rotatable bonds is 2. The predicted molar refractivity (Wildman–Crippen MR) is 78.2 cm³/mol. The van der Waals surface area contributed by atoms with Crippen LogP contribution in [0.2, 0.25) is 0 Å². The number of allylic oxidation sites excluding steroid dienone is 4. The zero-order valence-electron chi connectivity index (χ0n) is 11.7. The molecule has 7 heteroatoms. The van der Waals surface area contributed by atoms with Crippen LogP contribution in [0, 0.1) is 0 Å². The normalized spacial score (nSPS) is 12.4. The lowest BCUT2D eigenvalue weighted by Gasteiger charge is -1.96. The molecule has 1 aliphatic carbocycles. The Hall–Kier alpha value is -2.48. The molecule has 22 heavy (non-hydrogen) atoms. The summed E-state index contributed by atoms with van der Waals surface area (Å²) in [5, 5.41) is 41.3. The molecule has 0 heterocycles. The van der Waals surface area contributed by atoms with E-state index >= 15 is 0 Å². The maximum atomic E-state index is 10.3.